The molecule has 1 rings (SSSR count). The Kier molecular flexibility index (Phi) is 2.77. The van der Waals surface area contributed by atoms with Crippen molar-refractivity contribution in [2.75, 3.05) is 0 Å². The first-order valence-electron chi connectivity index (χ1n) is 4.63. The minimum absolute atomic E-state index is 0.209. The van der Waals surface area contributed by atoms with E-state index in [4.69, 9.17) is 1.37 Å². The third kappa shape index (κ3) is 2.70. The highest BCUT2D eigenvalue weighted by atomic mass is 32.2. The van der Waals surface area contributed by atoms with Crippen LogP contribution >= 0.6 is 0 Å². The minimum Gasteiger partial charge on any atom is -0.219 e. The van der Waals surface area contributed by atoms with Gasteiger partial charge in [0, 0.05) is 6.78 Å². The summed E-state index contributed by atoms with van der Waals surface area (Å²) >= 11 is 0. The molecule has 0 heterocycles. The molecule has 0 bridgehead atoms. The zero-order chi connectivity index (χ0) is 10.4. The van der Waals surface area contributed by atoms with E-state index in [-0.39, 0.29) is 6.90 Å². The number of hydrogen-bond acceptors (Lipinski definition) is 2. The molecule has 0 radical (unpaired) electrons. The molecule has 0 aliphatic carbocycles. The molecule has 3 heteroatoms. The molecule has 13 heavy (non-hydrogen) atoms. The second kappa shape index (κ2) is 4.23. The maximum absolute atomic E-state index is 11.6. The lowest BCUT2D eigenvalue weighted by atomic mass is 10.4. The van der Waals surface area contributed by atoms with Crippen LogP contribution in [0.4, 0.5) is 0 Å². The molecule has 70 valence electrons. The molecule has 0 amide bonds. The molecule has 0 aliphatic rings. The summed E-state index contributed by atoms with van der Waals surface area (Å²) in [6.07, 6.45) is 1.97. The summed E-state index contributed by atoms with van der Waals surface area (Å²) in [5, 5.41) is 1.16. The van der Waals surface area contributed by atoms with E-state index in [0.29, 0.717) is 11.3 Å². The van der Waals surface area contributed by atoms with Crippen molar-refractivity contribution in [2.24, 2.45) is 0 Å². The van der Waals surface area contributed by atoms with Crippen molar-refractivity contribution < 1.29 is 9.79 Å². The number of allylic oxidation sites excluding steroid dienone is 1. The van der Waals surface area contributed by atoms with E-state index in [1.807, 2.05) is 0 Å². The molecular formula is C10H12O2S. The third-order valence-electron chi connectivity index (χ3n) is 1.51. The highest BCUT2D eigenvalue weighted by molar-refractivity contribution is 7.94. The van der Waals surface area contributed by atoms with Crippen molar-refractivity contribution in [2.45, 2.75) is 18.2 Å². The van der Waals surface area contributed by atoms with E-state index >= 15 is 0 Å². The summed E-state index contributed by atoms with van der Waals surface area (Å²) in [7, 11) is -3.30. The maximum atomic E-state index is 11.6. The Morgan fingerprint density at radius 1 is 1.38 bits per heavy atom. The Balaban J connectivity index is 2.87. The van der Waals surface area contributed by atoms with E-state index in [9.17, 15) is 8.42 Å². The van der Waals surface area contributed by atoms with Crippen molar-refractivity contribution in [3.05, 3.63) is 41.8 Å². The van der Waals surface area contributed by atoms with Crippen LogP contribution in [0.3, 0.4) is 0 Å². The van der Waals surface area contributed by atoms with Crippen molar-refractivity contribution in [3.8, 4) is 0 Å². The molecule has 0 spiro atoms. The fourth-order valence-corrected chi connectivity index (χ4v) is 1.97. The van der Waals surface area contributed by atoms with Gasteiger partial charge in [-0.2, -0.15) is 0 Å². The van der Waals surface area contributed by atoms with Crippen molar-refractivity contribution in [1.29, 1.82) is 0 Å². The lowest BCUT2D eigenvalue weighted by molar-refractivity contribution is 0.604. The van der Waals surface area contributed by atoms with Crippen LogP contribution in [0.5, 0.6) is 0 Å². The fourth-order valence-electron chi connectivity index (χ4n) is 0.883. The maximum Gasteiger partial charge on any atom is 0.199 e. The molecular weight excluding hydrogens is 184 g/mol. The van der Waals surface area contributed by atoms with Crippen LogP contribution in [0, 0.1) is 0 Å². The largest absolute Gasteiger partial charge is 0.219 e. The van der Waals surface area contributed by atoms with Gasteiger partial charge >= 0.3 is 0 Å². The quantitative estimate of drug-likeness (QED) is 0.745. The van der Waals surface area contributed by atoms with Crippen LogP contribution < -0.4 is 0 Å². The van der Waals surface area contributed by atoms with E-state index < -0.39 is 9.84 Å². The normalized spacial score (nSPS) is 13.1. The van der Waals surface area contributed by atoms with Gasteiger partial charge < -0.3 is 0 Å². The molecule has 0 aliphatic heterocycles. The summed E-state index contributed by atoms with van der Waals surface area (Å²) in [5.74, 6) is 0. The monoisotopic (exact) mass is 197 g/mol. The van der Waals surface area contributed by atoms with Gasteiger partial charge in [0.25, 0.3) is 0 Å². The molecule has 0 saturated carbocycles. The van der Waals surface area contributed by atoms with Crippen LogP contribution in [0.1, 0.15) is 14.7 Å². The van der Waals surface area contributed by atoms with Crippen LogP contribution in [0.15, 0.2) is 46.7 Å². The lowest BCUT2D eigenvalue weighted by Gasteiger charge is -1.96. The second-order valence-corrected chi connectivity index (χ2v) is 4.35. The van der Waals surface area contributed by atoms with Gasteiger partial charge in [0.15, 0.2) is 9.84 Å². The van der Waals surface area contributed by atoms with E-state index in [0.717, 1.165) is 5.41 Å². The number of sulfone groups is 1. The predicted molar refractivity (Wildman–Crippen MR) is 53.1 cm³/mol. The highest BCUT2D eigenvalue weighted by Gasteiger charge is 2.07. The first-order chi connectivity index (χ1) is 6.67. The second-order valence-electron chi connectivity index (χ2n) is 2.52. The van der Waals surface area contributed by atoms with Gasteiger partial charge in [-0.1, -0.05) is 31.2 Å². The Labute approximate surface area is 80.2 Å². The SMILES string of the molecule is [2H]CC/C=C/S(=O)(=O)c1ccccc1. The summed E-state index contributed by atoms with van der Waals surface area (Å²) in [6, 6.07) is 8.25. The molecule has 1 aromatic rings. The van der Waals surface area contributed by atoms with Crippen LogP contribution in [-0.4, -0.2) is 8.42 Å². The van der Waals surface area contributed by atoms with Crippen molar-refractivity contribution in [3.63, 3.8) is 0 Å². The van der Waals surface area contributed by atoms with Gasteiger partial charge in [-0.25, -0.2) is 8.42 Å². The van der Waals surface area contributed by atoms with E-state index in [1.165, 1.54) is 6.08 Å². The van der Waals surface area contributed by atoms with Crippen LogP contribution in [-0.2, 0) is 9.84 Å². The smallest absolute Gasteiger partial charge is 0.199 e. The van der Waals surface area contributed by atoms with Gasteiger partial charge in [-0.3, -0.25) is 0 Å². The zero-order valence-electron chi connectivity index (χ0n) is 8.18. The van der Waals surface area contributed by atoms with E-state index in [2.05, 4.69) is 0 Å². The van der Waals surface area contributed by atoms with Gasteiger partial charge in [-0.15, -0.1) is 0 Å². The molecule has 1 aromatic carbocycles. The first kappa shape index (κ1) is 8.51. The average Bonchev–Trinajstić information content (AvgIpc) is 2.19. The molecule has 0 N–H and O–H groups in total. The summed E-state index contributed by atoms with van der Waals surface area (Å²) in [6.45, 7) is 0.209. The standard InChI is InChI=1S/C10H12O2S/c1-2-3-9-13(11,12)10-7-5-4-6-8-10/h3-9H,2H2,1H3/b9-3+/i1D. The van der Waals surface area contributed by atoms with Crippen LogP contribution in [0.2, 0.25) is 0 Å². The van der Waals surface area contributed by atoms with Gasteiger partial charge in [0.05, 0.1) is 4.90 Å². The third-order valence-corrected chi connectivity index (χ3v) is 2.99. The Morgan fingerprint density at radius 2 is 2.08 bits per heavy atom. The van der Waals surface area contributed by atoms with Crippen molar-refractivity contribution in [1.82, 2.24) is 0 Å². The number of hydrogen-bond donors (Lipinski definition) is 0. The molecule has 0 unspecified atom stereocenters. The van der Waals surface area contributed by atoms with Gasteiger partial charge in [0.1, 0.15) is 0 Å². The molecule has 0 saturated heterocycles. The zero-order valence-corrected chi connectivity index (χ0v) is 8.00. The first-order valence-corrected chi connectivity index (χ1v) is 5.47. The van der Waals surface area contributed by atoms with Crippen molar-refractivity contribution >= 4 is 9.84 Å². The Hall–Kier alpha value is -1.09. The lowest BCUT2D eigenvalue weighted by Crippen LogP contribution is -1.94. The summed E-state index contributed by atoms with van der Waals surface area (Å²) in [5.41, 5.74) is 0. The molecule has 0 aromatic heterocycles. The molecule has 0 atom stereocenters. The summed E-state index contributed by atoms with van der Waals surface area (Å²) in [4.78, 5) is 0.293. The van der Waals surface area contributed by atoms with Gasteiger partial charge in [-0.05, 0) is 18.6 Å². The number of rotatable bonds is 3. The summed E-state index contributed by atoms with van der Waals surface area (Å²) < 4.78 is 30.0. The molecule has 2 nitrogen and oxygen atoms in total. The highest BCUT2D eigenvalue weighted by Crippen LogP contribution is 2.10. The molecule has 0 fully saturated rings. The predicted octanol–water partition coefficient (Wildman–Crippen LogP) is 2.38. The van der Waals surface area contributed by atoms with E-state index in [1.54, 1.807) is 30.3 Å². The Morgan fingerprint density at radius 3 is 2.69 bits per heavy atom. The minimum atomic E-state index is -3.30. The topological polar surface area (TPSA) is 34.1 Å². The van der Waals surface area contributed by atoms with Crippen LogP contribution in [0.25, 0.3) is 0 Å². The van der Waals surface area contributed by atoms with Gasteiger partial charge in [0.2, 0.25) is 0 Å². The Bertz CT molecular complexity index is 395. The average molecular weight is 197 g/mol. The number of benzene rings is 1. The fraction of sp³-hybridized carbons (Fsp3) is 0.200.